The lowest BCUT2D eigenvalue weighted by Gasteiger charge is -2.03. The van der Waals surface area contributed by atoms with Crippen LogP contribution in [0, 0.1) is 0 Å². The van der Waals surface area contributed by atoms with Crippen molar-refractivity contribution >= 4 is 23.1 Å². The number of urea groups is 1. The quantitative estimate of drug-likeness (QED) is 0.607. The van der Waals surface area contributed by atoms with Gasteiger partial charge in [0.15, 0.2) is 5.71 Å². The van der Waals surface area contributed by atoms with E-state index >= 15 is 0 Å². The second kappa shape index (κ2) is 5.91. The highest BCUT2D eigenvalue weighted by Gasteiger charge is 2.06. The Balaban J connectivity index is 2.04. The summed E-state index contributed by atoms with van der Waals surface area (Å²) in [6, 6.07) is 8.89. The molecule has 0 heterocycles. The predicted octanol–water partition coefficient (Wildman–Crippen LogP) is 2.50. The van der Waals surface area contributed by atoms with Gasteiger partial charge in [0.2, 0.25) is 0 Å². The average Bonchev–Trinajstić information content (AvgIpc) is 2.40. The van der Waals surface area contributed by atoms with Gasteiger partial charge in [0.25, 0.3) is 0 Å². The molecule has 4 heteroatoms. The van der Waals surface area contributed by atoms with Crippen molar-refractivity contribution in [3.8, 4) is 0 Å². The van der Waals surface area contributed by atoms with Crippen molar-refractivity contribution in [1.82, 2.24) is 0 Å². The van der Waals surface area contributed by atoms with E-state index in [0.29, 0.717) is 5.71 Å². The summed E-state index contributed by atoms with van der Waals surface area (Å²) < 4.78 is 1.99. The highest BCUT2D eigenvalue weighted by molar-refractivity contribution is 6.19. The van der Waals surface area contributed by atoms with Gasteiger partial charge in [0.05, 0.1) is 5.71 Å². The normalized spacial score (nSPS) is 13.4. The zero-order valence-corrected chi connectivity index (χ0v) is 11.0. The minimum absolute atomic E-state index is 0.371. The van der Waals surface area contributed by atoms with Gasteiger partial charge in [-0.05, 0) is 24.3 Å². The molecule has 1 aliphatic rings. The molecule has 0 atom stereocenters. The van der Waals surface area contributed by atoms with Gasteiger partial charge in [-0.1, -0.05) is 18.2 Å². The summed E-state index contributed by atoms with van der Waals surface area (Å²) in [4.78, 5) is 15.7. The molecule has 4 nitrogen and oxygen atoms in total. The van der Waals surface area contributed by atoms with Crippen LogP contribution in [-0.4, -0.2) is 36.1 Å². The molecule has 0 aromatic heterocycles. The lowest BCUT2D eigenvalue weighted by molar-refractivity contribution is -0.462. The maximum absolute atomic E-state index is 11.7. The summed E-state index contributed by atoms with van der Waals surface area (Å²) in [6.45, 7) is 0. The third kappa shape index (κ3) is 3.74. The van der Waals surface area contributed by atoms with Gasteiger partial charge in [0.1, 0.15) is 14.1 Å². The number of nitrogens with one attached hydrogen (secondary N) is 1. The van der Waals surface area contributed by atoms with Crippen LogP contribution in [0.2, 0.25) is 0 Å². The van der Waals surface area contributed by atoms with E-state index in [1.165, 1.54) is 0 Å². The molecule has 2 amide bonds. The smallest absolute Gasteiger partial charge is 0.306 e. The number of allylic oxidation sites excluding steroid dienone is 4. The summed E-state index contributed by atoms with van der Waals surface area (Å²) in [5, 5.41) is 2.71. The fourth-order valence-electron chi connectivity index (χ4n) is 1.62. The van der Waals surface area contributed by atoms with E-state index in [4.69, 9.17) is 0 Å². The van der Waals surface area contributed by atoms with Crippen molar-refractivity contribution in [2.45, 2.75) is 0 Å². The lowest BCUT2D eigenvalue weighted by Crippen LogP contribution is -2.13. The fraction of sp³-hybridized carbons (Fsp3) is 0.133. The Kier molecular flexibility index (Phi) is 4.03. The van der Waals surface area contributed by atoms with E-state index in [-0.39, 0.29) is 6.03 Å². The van der Waals surface area contributed by atoms with E-state index in [1.807, 2.05) is 73.3 Å². The topological polar surface area (TPSA) is 44.5 Å². The molecule has 0 saturated carbocycles. The first-order valence-corrected chi connectivity index (χ1v) is 6.00. The van der Waals surface area contributed by atoms with Gasteiger partial charge >= 0.3 is 6.03 Å². The number of carbonyl (C=O) groups excluding carboxylic acids is 1. The summed E-state index contributed by atoms with van der Waals surface area (Å²) >= 11 is 0. The summed E-state index contributed by atoms with van der Waals surface area (Å²) in [7, 11) is 3.93. The van der Waals surface area contributed by atoms with Crippen LogP contribution in [0.4, 0.5) is 10.5 Å². The van der Waals surface area contributed by atoms with E-state index in [1.54, 1.807) is 0 Å². The molecule has 19 heavy (non-hydrogen) atoms. The Bertz CT molecular complexity index is 573. The van der Waals surface area contributed by atoms with Crippen LogP contribution in [0.15, 0.2) is 59.6 Å². The molecule has 0 radical (unpaired) electrons. The summed E-state index contributed by atoms with van der Waals surface area (Å²) in [5.41, 5.74) is 2.45. The van der Waals surface area contributed by atoms with E-state index < -0.39 is 0 Å². The molecule has 1 aliphatic carbocycles. The maximum atomic E-state index is 11.7. The Labute approximate surface area is 112 Å². The number of aliphatic imine (C=N–C) groups is 1. The van der Waals surface area contributed by atoms with Crippen LogP contribution in [0.25, 0.3) is 0 Å². The fourth-order valence-corrected chi connectivity index (χ4v) is 1.62. The minimum Gasteiger partial charge on any atom is -0.306 e. The molecule has 2 rings (SSSR count). The molecule has 1 N–H and O–H groups in total. The molecular weight excluding hydrogens is 238 g/mol. The molecule has 1 aromatic rings. The number of benzene rings is 1. The second-order valence-corrected chi connectivity index (χ2v) is 4.32. The van der Waals surface area contributed by atoms with E-state index in [0.717, 1.165) is 11.4 Å². The van der Waals surface area contributed by atoms with Crippen LogP contribution in [-0.2, 0) is 0 Å². The van der Waals surface area contributed by atoms with Crippen LogP contribution in [0.5, 0.6) is 0 Å². The molecule has 1 aromatic carbocycles. The third-order valence-electron chi connectivity index (χ3n) is 2.62. The van der Waals surface area contributed by atoms with E-state index in [2.05, 4.69) is 10.3 Å². The van der Waals surface area contributed by atoms with Crippen LogP contribution >= 0.6 is 0 Å². The van der Waals surface area contributed by atoms with Gasteiger partial charge in [-0.15, -0.1) is 0 Å². The molecule has 0 unspecified atom stereocenters. The van der Waals surface area contributed by atoms with Crippen molar-refractivity contribution in [2.75, 3.05) is 19.4 Å². The zero-order valence-electron chi connectivity index (χ0n) is 11.0. The van der Waals surface area contributed by atoms with Crippen molar-refractivity contribution in [3.05, 3.63) is 54.6 Å². The highest BCUT2D eigenvalue weighted by atomic mass is 16.2. The third-order valence-corrected chi connectivity index (χ3v) is 2.62. The van der Waals surface area contributed by atoms with Crippen molar-refractivity contribution in [1.29, 1.82) is 0 Å². The van der Waals surface area contributed by atoms with Crippen molar-refractivity contribution in [3.63, 3.8) is 0 Å². The molecule has 0 fully saturated rings. The highest BCUT2D eigenvalue weighted by Crippen LogP contribution is 2.06. The minimum atomic E-state index is -0.371. The Morgan fingerprint density at radius 1 is 1.05 bits per heavy atom. The standard InChI is InChI=1S/C15H15N3O/c1-18(2)14-10-8-13(9-11-14)17-15(19)16-12-6-4-3-5-7-12/h3-11H,1-2H3/p+1. The molecule has 0 saturated heterocycles. The van der Waals surface area contributed by atoms with Crippen molar-refractivity contribution in [2.24, 2.45) is 4.99 Å². The summed E-state index contributed by atoms with van der Waals surface area (Å²) in [5.74, 6) is 0. The predicted molar refractivity (Wildman–Crippen MR) is 78.3 cm³/mol. The number of amides is 2. The number of hydrogen-bond donors (Lipinski definition) is 1. The number of nitrogens with zero attached hydrogens (tertiary/aromatic N) is 2. The van der Waals surface area contributed by atoms with Crippen LogP contribution in [0.3, 0.4) is 0 Å². The van der Waals surface area contributed by atoms with Gasteiger partial charge in [-0.25, -0.2) is 9.37 Å². The van der Waals surface area contributed by atoms with E-state index in [9.17, 15) is 4.79 Å². The number of para-hydroxylation sites is 1. The lowest BCUT2D eigenvalue weighted by atomic mass is 10.1. The van der Waals surface area contributed by atoms with Crippen molar-refractivity contribution < 1.29 is 9.37 Å². The van der Waals surface area contributed by atoms with Gasteiger partial charge in [0, 0.05) is 17.8 Å². The number of hydrogen-bond acceptors (Lipinski definition) is 1. The first-order valence-electron chi connectivity index (χ1n) is 6.00. The first-order chi connectivity index (χ1) is 9.15. The average molecular weight is 254 g/mol. The van der Waals surface area contributed by atoms with Gasteiger partial charge < -0.3 is 5.32 Å². The Morgan fingerprint density at radius 2 is 1.68 bits per heavy atom. The SMILES string of the molecule is C[N+](C)=C1C=CC(=NC(=O)Nc2ccccc2)C=C1. The molecule has 0 spiro atoms. The first kappa shape index (κ1) is 13.0. The maximum Gasteiger partial charge on any atom is 0.345 e. The van der Waals surface area contributed by atoms with Crippen LogP contribution < -0.4 is 5.32 Å². The van der Waals surface area contributed by atoms with Gasteiger partial charge in [-0.2, -0.15) is 4.99 Å². The number of carbonyl (C=O) groups is 1. The number of anilines is 1. The molecule has 96 valence electrons. The molecule has 0 aliphatic heterocycles. The Hall–Kier alpha value is -2.49. The summed E-state index contributed by atoms with van der Waals surface area (Å²) in [6.07, 6.45) is 7.49. The Morgan fingerprint density at radius 3 is 2.26 bits per heavy atom. The zero-order chi connectivity index (χ0) is 13.7. The monoisotopic (exact) mass is 254 g/mol. The molecule has 0 bridgehead atoms. The van der Waals surface area contributed by atoms with Crippen LogP contribution in [0.1, 0.15) is 0 Å². The van der Waals surface area contributed by atoms with Gasteiger partial charge in [-0.3, -0.25) is 0 Å². The number of rotatable bonds is 1. The second-order valence-electron chi connectivity index (χ2n) is 4.32. The largest absolute Gasteiger partial charge is 0.345 e. The molecular formula is C15H16N3O+.